The second-order valence-electron chi connectivity index (χ2n) is 15.7. The van der Waals surface area contributed by atoms with Crippen molar-refractivity contribution in [2.24, 2.45) is 0 Å². The number of hydrogen-bond donors (Lipinski definition) is 4. The van der Waals surface area contributed by atoms with E-state index in [4.69, 9.17) is 9.84 Å². The summed E-state index contributed by atoms with van der Waals surface area (Å²) in [6, 6.07) is 24.7. The number of ether oxygens (including phenoxy) is 1. The monoisotopic (exact) mass is 958 g/mol. The van der Waals surface area contributed by atoms with Crippen LogP contribution < -0.4 is 5.32 Å². The molecule has 68 heavy (non-hydrogen) atoms. The SMILES string of the molecule is CCN(CCC(=O)O)CC(O)(c1cn(Cc2ccccc2)c2cc([N+](=O)[O-])ccc12)C(F)(F)F.CCOC(=O)CCNCC(O)(c1cn(Cc2ccccc2)c2cc([N+](=O)[O-])ccc12)C(F)(F)F. The van der Waals surface area contributed by atoms with Crippen LogP contribution in [-0.4, -0.2) is 103 Å². The van der Waals surface area contributed by atoms with Crippen LogP contribution in [0.3, 0.4) is 0 Å². The smallest absolute Gasteiger partial charge is 0.422 e. The van der Waals surface area contributed by atoms with Crippen molar-refractivity contribution in [2.75, 3.05) is 39.3 Å². The number of carboxylic acids is 1. The minimum absolute atomic E-state index is 0.0237. The molecule has 364 valence electrons. The molecule has 2 aromatic heterocycles. The first-order valence-corrected chi connectivity index (χ1v) is 21.0. The maximum absolute atomic E-state index is 14.3. The van der Waals surface area contributed by atoms with Gasteiger partial charge in [0.1, 0.15) is 0 Å². The fourth-order valence-electron chi connectivity index (χ4n) is 7.56. The molecule has 6 rings (SSSR count). The lowest BCUT2D eigenvalue weighted by Crippen LogP contribution is -2.51. The Morgan fingerprint density at radius 3 is 1.56 bits per heavy atom. The number of carbonyl (C=O) groups excluding carboxylic acids is 1. The van der Waals surface area contributed by atoms with E-state index in [0.717, 1.165) is 23.3 Å². The molecule has 0 fully saturated rings. The van der Waals surface area contributed by atoms with E-state index in [-0.39, 0.29) is 85.4 Å². The summed E-state index contributed by atoms with van der Waals surface area (Å²) in [6.07, 6.45) is -8.38. The van der Waals surface area contributed by atoms with Gasteiger partial charge in [-0.2, -0.15) is 26.3 Å². The standard InChI is InChI=1S/2C23H24F3N3O5/c1-2-34-21(30)10-11-27-15-22(31,23(24,25)26)19-14-28(13-16-6-4-3-5-7-16)20-12-17(29(32)33)8-9-18(19)20;1-2-27(11-10-21(30)31)15-22(32,23(24,25)26)19-14-28(13-16-6-4-3-5-7-16)20-12-17(29(33)34)8-9-18(19)20/h3-9,12,14,27,31H,2,10-11,13,15H2,1H3;3-9,12,14,32H,2,10-11,13,15H2,1H3,(H,30,31). The molecular weight excluding hydrogens is 911 g/mol. The lowest BCUT2D eigenvalue weighted by atomic mass is 9.91. The van der Waals surface area contributed by atoms with Crippen LogP contribution in [0.15, 0.2) is 109 Å². The number of halogens is 6. The Morgan fingerprint density at radius 1 is 0.706 bits per heavy atom. The third kappa shape index (κ3) is 12.2. The number of aromatic nitrogens is 2. The summed E-state index contributed by atoms with van der Waals surface area (Å²) in [5, 5.41) is 56.0. The summed E-state index contributed by atoms with van der Waals surface area (Å²) in [6.45, 7) is 1.57. The van der Waals surface area contributed by atoms with E-state index in [1.807, 2.05) is 0 Å². The maximum Gasteiger partial charge on any atom is 0.422 e. The van der Waals surface area contributed by atoms with Gasteiger partial charge in [-0.3, -0.25) is 34.7 Å². The fourth-order valence-corrected chi connectivity index (χ4v) is 7.56. The summed E-state index contributed by atoms with van der Waals surface area (Å²) in [5.41, 5.74) is -6.24. The number of aliphatic hydroxyl groups is 2. The second kappa shape index (κ2) is 21.8. The number of nitro groups is 2. The number of hydrogen-bond acceptors (Lipinski definition) is 11. The lowest BCUT2D eigenvalue weighted by Gasteiger charge is -2.35. The predicted octanol–water partition coefficient (Wildman–Crippen LogP) is 8.03. The zero-order valence-corrected chi connectivity index (χ0v) is 36.7. The summed E-state index contributed by atoms with van der Waals surface area (Å²) in [7, 11) is 0. The van der Waals surface area contributed by atoms with Crippen molar-refractivity contribution in [1.29, 1.82) is 0 Å². The summed E-state index contributed by atoms with van der Waals surface area (Å²) in [4.78, 5) is 44.9. The van der Waals surface area contributed by atoms with E-state index >= 15 is 0 Å². The quantitative estimate of drug-likeness (QED) is 0.0188. The maximum atomic E-state index is 14.3. The predicted molar refractivity (Wildman–Crippen MR) is 237 cm³/mol. The minimum atomic E-state index is -5.10. The van der Waals surface area contributed by atoms with Gasteiger partial charge in [0.05, 0.1) is 40.3 Å². The first kappa shape index (κ1) is 52.1. The molecule has 16 nitrogen and oxygen atoms in total. The Hall–Kier alpha value is -6.88. The highest BCUT2D eigenvalue weighted by atomic mass is 19.4. The first-order valence-electron chi connectivity index (χ1n) is 21.0. The number of carboxylic acid groups (broad SMARTS) is 1. The minimum Gasteiger partial charge on any atom is -0.481 e. The van der Waals surface area contributed by atoms with Crippen LogP contribution in [0.2, 0.25) is 0 Å². The highest BCUT2D eigenvalue weighted by Gasteiger charge is 2.57. The number of alkyl halides is 6. The van der Waals surface area contributed by atoms with Gasteiger partial charge in [0.25, 0.3) is 11.4 Å². The molecule has 0 amide bonds. The highest BCUT2D eigenvalue weighted by molar-refractivity contribution is 5.88. The molecule has 0 saturated heterocycles. The van der Waals surface area contributed by atoms with E-state index in [9.17, 15) is 66.4 Å². The molecule has 0 aliphatic heterocycles. The topological polar surface area (TPSA) is 215 Å². The molecule has 4 aromatic carbocycles. The van der Waals surface area contributed by atoms with Gasteiger partial charge < -0.3 is 34.5 Å². The Labute approximate surface area is 384 Å². The van der Waals surface area contributed by atoms with E-state index < -0.39 is 69.6 Å². The highest BCUT2D eigenvalue weighted by Crippen LogP contribution is 2.45. The molecule has 4 N–H and O–H groups in total. The molecule has 0 aliphatic carbocycles. The van der Waals surface area contributed by atoms with Crippen molar-refractivity contribution in [1.82, 2.24) is 19.4 Å². The lowest BCUT2D eigenvalue weighted by molar-refractivity contribution is -0.384. The van der Waals surface area contributed by atoms with Crippen molar-refractivity contribution in [2.45, 2.75) is 63.3 Å². The van der Waals surface area contributed by atoms with Gasteiger partial charge in [-0.1, -0.05) is 67.6 Å². The van der Waals surface area contributed by atoms with Crippen LogP contribution in [0.25, 0.3) is 21.8 Å². The van der Waals surface area contributed by atoms with Gasteiger partial charge in [0, 0.05) is 97.8 Å². The molecular formula is C46H48F6N6O10. The van der Waals surface area contributed by atoms with E-state index in [2.05, 4.69) is 5.32 Å². The van der Waals surface area contributed by atoms with Gasteiger partial charge in [0.15, 0.2) is 5.60 Å². The van der Waals surface area contributed by atoms with Crippen molar-refractivity contribution in [3.8, 4) is 0 Å². The van der Waals surface area contributed by atoms with Gasteiger partial charge in [-0.25, -0.2) is 0 Å². The Morgan fingerprint density at radius 2 is 1.16 bits per heavy atom. The third-order valence-corrected chi connectivity index (χ3v) is 11.1. The van der Waals surface area contributed by atoms with E-state index in [0.29, 0.717) is 0 Å². The fraction of sp³-hybridized carbons (Fsp3) is 0.348. The zero-order valence-electron chi connectivity index (χ0n) is 36.7. The molecule has 0 spiro atoms. The number of rotatable bonds is 20. The molecule has 0 bridgehead atoms. The number of benzene rings is 4. The van der Waals surface area contributed by atoms with Crippen molar-refractivity contribution < 1.29 is 65.8 Å². The second-order valence-corrected chi connectivity index (χ2v) is 15.7. The van der Waals surface area contributed by atoms with Gasteiger partial charge in [0.2, 0.25) is 5.60 Å². The molecule has 2 unspecified atom stereocenters. The third-order valence-electron chi connectivity index (χ3n) is 11.1. The number of non-ortho nitro benzene ring substituents is 2. The van der Waals surface area contributed by atoms with Crippen LogP contribution in [0.4, 0.5) is 37.7 Å². The zero-order chi connectivity index (χ0) is 50.0. The Bertz CT molecular complexity index is 2710. The van der Waals surface area contributed by atoms with Crippen LogP contribution in [-0.2, 0) is 38.6 Å². The molecule has 0 saturated carbocycles. The van der Waals surface area contributed by atoms with Crippen LogP contribution in [0.5, 0.6) is 0 Å². The number of carbonyl (C=O) groups is 2. The molecule has 0 radical (unpaired) electrons. The molecule has 0 aliphatic rings. The number of esters is 1. The van der Waals surface area contributed by atoms with Crippen molar-refractivity contribution in [3.05, 3.63) is 152 Å². The summed E-state index contributed by atoms with van der Waals surface area (Å²) >= 11 is 0. The van der Waals surface area contributed by atoms with Gasteiger partial charge in [-0.15, -0.1) is 0 Å². The summed E-state index contributed by atoms with van der Waals surface area (Å²) < 4.78 is 93.2. The Balaban J connectivity index is 0.000000254. The molecule has 2 heterocycles. The number of nitrogens with one attached hydrogen (secondary N) is 1. The molecule has 6 aromatic rings. The first-order chi connectivity index (χ1) is 32.0. The normalized spacial score (nSPS) is 13.7. The number of fused-ring (bicyclic) bond motifs is 2. The number of nitrogens with zero attached hydrogens (tertiary/aromatic N) is 5. The van der Waals surface area contributed by atoms with Crippen LogP contribution >= 0.6 is 0 Å². The molecule has 2 atom stereocenters. The Kier molecular flexibility index (Phi) is 16.7. The average molecular weight is 959 g/mol. The number of likely N-dealkylation sites (N-methyl/N-ethyl adjacent to an activating group) is 1. The van der Waals surface area contributed by atoms with Crippen molar-refractivity contribution in [3.63, 3.8) is 0 Å². The van der Waals surface area contributed by atoms with Crippen molar-refractivity contribution >= 4 is 45.1 Å². The van der Waals surface area contributed by atoms with E-state index in [1.54, 1.807) is 74.5 Å². The summed E-state index contributed by atoms with van der Waals surface area (Å²) in [5.74, 6) is -1.74. The molecule has 22 heteroatoms. The van der Waals surface area contributed by atoms with Crippen LogP contribution in [0, 0.1) is 20.2 Å². The average Bonchev–Trinajstić information content (AvgIpc) is 3.84. The number of nitro benzene ring substituents is 2. The largest absolute Gasteiger partial charge is 0.481 e. The van der Waals surface area contributed by atoms with E-state index in [1.165, 1.54) is 50.7 Å². The van der Waals surface area contributed by atoms with Gasteiger partial charge >= 0.3 is 24.3 Å². The van der Waals surface area contributed by atoms with Gasteiger partial charge in [-0.05, 0) is 36.7 Å². The van der Waals surface area contributed by atoms with Crippen LogP contribution in [0.1, 0.15) is 48.9 Å². The number of aliphatic carboxylic acids is 1.